The molecule has 0 bridgehead atoms. The van der Waals surface area contributed by atoms with Crippen LogP contribution in [0, 0.1) is 11.8 Å². The molecule has 3 unspecified atom stereocenters. The van der Waals surface area contributed by atoms with Crippen molar-refractivity contribution in [1.82, 2.24) is 0 Å². The summed E-state index contributed by atoms with van der Waals surface area (Å²) in [5, 5.41) is 0. The van der Waals surface area contributed by atoms with E-state index in [2.05, 4.69) is 18.6 Å². The van der Waals surface area contributed by atoms with E-state index >= 15 is 0 Å². The standard InChI is InChI=1S/C8H17N.C3H6O2/c1-3-7-5-8(9)4-6(7)2;1-2-5-3-4/h6-8H,3-5,9H2,1-2H3;3H,2H2,1H3. The molecule has 1 rings (SSSR count). The fourth-order valence-corrected chi connectivity index (χ4v) is 2.02. The molecular formula is C11H23NO2. The summed E-state index contributed by atoms with van der Waals surface area (Å²) in [6, 6.07) is 0.505. The maximum atomic E-state index is 9.18. The molecule has 1 aliphatic carbocycles. The zero-order valence-corrected chi connectivity index (χ0v) is 9.53. The van der Waals surface area contributed by atoms with Crippen LogP contribution in [0.1, 0.15) is 40.0 Å². The van der Waals surface area contributed by atoms with Crippen LogP contribution in [-0.4, -0.2) is 19.1 Å². The monoisotopic (exact) mass is 201 g/mol. The number of nitrogens with two attached hydrogens (primary N) is 1. The molecule has 0 spiro atoms. The molecule has 0 heterocycles. The first-order chi connectivity index (χ1) is 6.65. The second-order valence-electron chi connectivity index (χ2n) is 3.93. The third-order valence-electron chi connectivity index (χ3n) is 2.84. The van der Waals surface area contributed by atoms with Crippen LogP contribution in [0.2, 0.25) is 0 Å². The third-order valence-corrected chi connectivity index (χ3v) is 2.84. The predicted molar refractivity (Wildman–Crippen MR) is 57.8 cm³/mol. The van der Waals surface area contributed by atoms with Gasteiger partial charge in [0.2, 0.25) is 0 Å². The van der Waals surface area contributed by atoms with E-state index in [1.807, 2.05) is 0 Å². The minimum Gasteiger partial charge on any atom is -0.468 e. The zero-order valence-electron chi connectivity index (χ0n) is 9.53. The molecule has 3 atom stereocenters. The number of carbonyl (C=O) groups excluding carboxylic acids is 1. The van der Waals surface area contributed by atoms with Crippen molar-refractivity contribution in [2.45, 2.75) is 46.1 Å². The van der Waals surface area contributed by atoms with Gasteiger partial charge in [0.15, 0.2) is 0 Å². The van der Waals surface area contributed by atoms with Gasteiger partial charge in [0.1, 0.15) is 0 Å². The molecule has 0 saturated heterocycles. The number of rotatable bonds is 3. The average Bonchev–Trinajstić information content (AvgIpc) is 2.47. The highest BCUT2D eigenvalue weighted by molar-refractivity contribution is 5.36. The normalized spacial score (nSPS) is 30.4. The average molecular weight is 201 g/mol. The van der Waals surface area contributed by atoms with Crippen LogP contribution in [-0.2, 0) is 9.53 Å². The summed E-state index contributed by atoms with van der Waals surface area (Å²) in [5.74, 6) is 1.80. The molecule has 1 fully saturated rings. The van der Waals surface area contributed by atoms with Crippen molar-refractivity contribution in [3.05, 3.63) is 0 Å². The van der Waals surface area contributed by atoms with E-state index in [1.165, 1.54) is 19.3 Å². The van der Waals surface area contributed by atoms with Crippen LogP contribution in [0.5, 0.6) is 0 Å². The molecule has 0 aromatic carbocycles. The molecular weight excluding hydrogens is 178 g/mol. The van der Waals surface area contributed by atoms with E-state index in [1.54, 1.807) is 6.92 Å². The first kappa shape index (κ1) is 13.4. The fraction of sp³-hybridized carbons (Fsp3) is 0.909. The molecule has 0 aliphatic heterocycles. The Bertz CT molecular complexity index is 150. The second-order valence-corrected chi connectivity index (χ2v) is 3.93. The van der Waals surface area contributed by atoms with Crippen molar-refractivity contribution in [3.63, 3.8) is 0 Å². The summed E-state index contributed by atoms with van der Waals surface area (Å²) in [5.41, 5.74) is 5.79. The van der Waals surface area contributed by atoms with E-state index in [0.29, 0.717) is 19.1 Å². The van der Waals surface area contributed by atoms with E-state index in [-0.39, 0.29) is 0 Å². The zero-order chi connectivity index (χ0) is 11.0. The Kier molecular flexibility index (Phi) is 7.48. The van der Waals surface area contributed by atoms with E-state index < -0.39 is 0 Å². The Balaban J connectivity index is 0.000000292. The Morgan fingerprint density at radius 1 is 1.43 bits per heavy atom. The van der Waals surface area contributed by atoms with Crippen LogP contribution in [0.15, 0.2) is 0 Å². The topological polar surface area (TPSA) is 52.3 Å². The van der Waals surface area contributed by atoms with Gasteiger partial charge in [0.05, 0.1) is 6.61 Å². The molecule has 0 radical (unpaired) electrons. The van der Waals surface area contributed by atoms with E-state index in [0.717, 1.165) is 11.8 Å². The minimum atomic E-state index is 0.431. The van der Waals surface area contributed by atoms with Crippen molar-refractivity contribution in [2.75, 3.05) is 6.61 Å². The number of ether oxygens (including phenoxy) is 1. The highest BCUT2D eigenvalue weighted by Crippen LogP contribution is 2.32. The Labute approximate surface area is 87.0 Å². The van der Waals surface area contributed by atoms with E-state index in [4.69, 9.17) is 5.73 Å². The first-order valence-electron chi connectivity index (χ1n) is 5.46. The maximum absolute atomic E-state index is 9.18. The lowest BCUT2D eigenvalue weighted by atomic mass is 9.96. The lowest BCUT2D eigenvalue weighted by Crippen LogP contribution is -2.14. The van der Waals surface area contributed by atoms with Gasteiger partial charge in [-0.15, -0.1) is 0 Å². The number of hydrogen-bond donors (Lipinski definition) is 1. The first-order valence-corrected chi connectivity index (χ1v) is 5.46. The van der Waals surface area contributed by atoms with Crippen LogP contribution >= 0.6 is 0 Å². The number of carbonyl (C=O) groups is 1. The van der Waals surface area contributed by atoms with Crippen molar-refractivity contribution in [2.24, 2.45) is 17.6 Å². The third kappa shape index (κ3) is 5.22. The summed E-state index contributed by atoms with van der Waals surface area (Å²) in [6.45, 7) is 7.25. The second kappa shape index (κ2) is 7.80. The fourth-order valence-electron chi connectivity index (χ4n) is 2.02. The Morgan fingerprint density at radius 2 is 2.07 bits per heavy atom. The molecule has 3 nitrogen and oxygen atoms in total. The molecule has 1 aliphatic rings. The van der Waals surface area contributed by atoms with Gasteiger partial charge in [-0.3, -0.25) is 4.79 Å². The van der Waals surface area contributed by atoms with Gasteiger partial charge in [0, 0.05) is 6.04 Å². The predicted octanol–water partition coefficient (Wildman–Crippen LogP) is 1.95. The number of hydrogen-bond acceptors (Lipinski definition) is 3. The Hall–Kier alpha value is -0.570. The van der Waals surface area contributed by atoms with Gasteiger partial charge in [-0.05, 0) is 31.6 Å². The smallest absolute Gasteiger partial charge is 0.293 e. The summed E-state index contributed by atoms with van der Waals surface area (Å²) >= 11 is 0. The lowest BCUT2D eigenvalue weighted by molar-refractivity contribution is -0.128. The van der Waals surface area contributed by atoms with Gasteiger partial charge in [-0.2, -0.15) is 0 Å². The summed E-state index contributed by atoms with van der Waals surface area (Å²) in [7, 11) is 0. The summed E-state index contributed by atoms with van der Waals surface area (Å²) in [6.07, 6.45) is 3.82. The van der Waals surface area contributed by atoms with Gasteiger partial charge in [-0.25, -0.2) is 0 Å². The van der Waals surface area contributed by atoms with Crippen molar-refractivity contribution in [3.8, 4) is 0 Å². The minimum absolute atomic E-state index is 0.431. The van der Waals surface area contributed by atoms with Crippen molar-refractivity contribution >= 4 is 6.47 Å². The summed E-state index contributed by atoms with van der Waals surface area (Å²) < 4.78 is 4.15. The molecule has 84 valence electrons. The van der Waals surface area contributed by atoms with Crippen LogP contribution in [0.4, 0.5) is 0 Å². The quantitative estimate of drug-likeness (QED) is 0.710. The Morgan fingerprint density at radius 3 is 2.21 bits per heavy atom. The van der Waals surface area contributed by atoms with E-state index in [9.17, 15) is 4.79 Å². The molecule has 2 N–H and O–H groups in total. The highest BCUT2D eigenvalue weighted by atomic mass is 16.5. The van der Waals surface area contributed by atoms with Crippen LogP contribution < -0.4 is 5.73 Å². The molecule has 0 aromatic rings. The summed E-state index contributed by atoms with van der Waals surface area (Å²) in [4.78, 5) is 9.18. The van der Waals surface area contributed by atoms with Crippen LogP contribution in [0.25, 0.3) is 0 Å². The van der Waals surface area contributed by atoms with Gasteiger partial charge >= 0.3 is 0 Å². The molecule has 14 heavy (non-hydrogen) atoms. The van der Waals surface area contributed by atoms with Gasteiger partial charge in [-0.1, -0.05) is 20.3 Å². The maximum Gasteiger partial charge on any atom is 0.293 e. The van der Waals surface area contributed by atoms with Gasteiger partial charge in [0.25, 0.3) is 6.47 Å². The molecule has 1 saturated carbocycles. The molecule has 0 amide bonds. The highest BCUT2D eigenvalue weighted by Gasteiger charge is 2.26. The largest absolute Gasteiger partial charge is 0.468 e. The van der Waals surface area contributed by atoms with Gasteiger partial charge < -0.3 is 10.5 Å². The molecule has 3 heteroatoms. The van der Waals surface area contributed by atoms with Crippen molar-refractivity contribution < 1.29 is 9.53 Å². The van der Waals surface area contributed by atoms with Crippen molar-refractivity contribution in [1.29, 1.82) is 0 Å². The van der Waals surface area contributed by atoms with Crippen LogP contribution in [0.3, 0.4) is 0 Å². The molecule has 0 aromatic heterocycles. The SMILES string of the molecule is CCC1CC(N)CC1C.CCOC=O. The lowest BCUT2D eigenvalue weighted by Gasteiger charge is -2.10.